The van der Waals surface area contributed by atoms with E-state index in [1.165, 1.54) is 6.39 Å². The highest BCUT2D eigenvalue weighted by molar-refractivity contribution is 6.03. The van der Waals surface area contributed by atoms with E-state index in [9.17, 15) is 4.79 Å². The fraction of sp³-hybridized carbons (Fsp3) is 0.250. The van der Waals surface area contributed by atoms with Crippen LogP contribution in [-0.4, -0.2) is 22.6 Å². The molecule has 0 radical (unpaired) electrons. The fourth-order valence-electron chi connectivity index (χ4n) is 1.78. The SMILES string of the molecule is Cc1ccc(NC(=O)c2ocnc2C)c(C#CCCO)c1. The number of aryl methyl sites for hydroxylation is 2. The summed E-state index contributed by atoms with van der Waals surface area (Å²) in [6.45, 7) is 3.66. The van der Waals surface area contributed by atoms with Crippen molar-refractivity contribution in [3.63, 3.8) is 0 Å². The van der Waals surface area contributed by atoms with Crippen LogP contribution in [0.3, 0.4) is 0 Å². The molecule has 0 aliphatic rings. The van der Waals surface area contributed by atoms with Crippen LogP contribution in [0.15, 0.2) is 29.0 Å². The standard InChI is InChI=1S/C16H16N2O3/c1-11-6-7-14(13(9-11)5-3-4-8-19)18-16(20)15-12(2)17-10-21-15/h6-7,9-10,19H,4,8H2,1-2H3,(H,18,20). The van der Waals surface area contributed by atoms with Gasteiger partial charge in [-0.15, -0.1) is 0 Å². The number of oxazole rings is 1. The third kappa shape index (κ3) is 3.71. The molecule has 0 atom stereocenters. The zero-order valence-electron chi connectivity index (χ0n) is 11.9. The first-order valence-electron chi connectivity index (χ1n) is 6.53. The third-order valence-corrected chi connectivity index (χ3v) is 2.83. The number of aliphatic hydroxyl groups is 1. The van der Waals surface area contributed by atoms with Crippen LogP contribution in [0.4, 0.5) is 5.69 Å². The average molecular weight is 284 g/mol. The molecule has 1 amide bonds. The second-order valence-corrected chi connectivity index (χ2v) is 4.55. The van der Waals surface area contributed by atoms with Crippen LogP contribution in [-0.2, 0) is 0 Å². The minimum atomic E-state index is -0.362. The van der Waals surface area contributed by atoms with Crippen LogP contribution in [0.5, 0.6) is 0 Å². The van der Waals surface area contributed by atoms with Crippen LogP contribution in [0.1, 0.15) is 33.8 Å². The number of hydrogen-bond donors (Lipinski definition) is 2. The molecule has 0 saturated heterocycles. The Bertz CT molecular complexity index is 708. The van der Waals surface area contributed by atoms with Crippen molar-refractivity contribution >= 4 is 11.6 Å². The molecule has 0 aliphatic heterocycles. The minimum absolute atomic E-state index is 0.0117. The summed E-state index contributed by atoms with van der Waals surface area (Å²) < 4.78 is 5.07. The van der Waals surface area contributed by atoms with E-state index < -0.39 is 0 Å². The van der Waals surface area contributed by atoms with E-state index in [1.807, 2.05) is 19.1 Å². The molecule has 5 heteroatoms. The summed E-state index contributed by atoms with van der Waals surface area (Å²) in [6, 6.07) is 5.56. The number of rotatable bonds is 3. The first-order chi connectivity index (χ1) is 10.1. The Hall–Kier alpha value is -2.58. The Kier molecular flexibility index (Phi) is 4.75. The molecule has 2 aromatic rings. The highest BCUT2D eigenvalue weighted by Gasteiger charge is 2.15. The summed E-state index contributed by atoms with van der Waals surface area (Å²) in [5.74, 6) is 5.62. The number of carbonyl (C=O) groups is 1. The second-order valence-electron chi connectivity index (χ2n) is 4.55. The van der Waals surface area contributed by atoms with Crippen molar-refractivity contribution in [1.29, 1.82) is 0 Å². The predicted molar refractivity (Wildman–Crippen MR) is 79.0 cm³/mol. The van der Waals surface area contributed by atoms with Crippen LogP contribution < -0.4 is 5.32 Å². The maximum Gasteiger partial charge on any atom is 0.293 e. The molecule has 1 aromatic carbocycles. The Morgan fingerprint density at radius 1 is 1.43 bits per heavy atom. The molecule has 1 aromatic heterocycles. The zero-order chi connectivity index (χ0) is 15.2. The van der Waals surface area contributed by atoms with Gasteiger partial charge < -0.3 is 14.8 Å². The van der Waals surface area contributed by atoms with Gasteiger partial charge in [0.15, 0.2) is 6.39 Å². The first kappa shape index (κ1) is 14.8. The number of nitrogens with zero attached hydrogens (tertiary/aromatic N) is 1. The van der Waals surface area contributed by atoms with E-state index in [0.717, 1.165) is 5.56 Å². The van der Waals surface area contributed by atoms with Gasteiger partial charge in [0.1, 0.15) is 0 Å². The first-order valence-corrected chi connectivity index (χ1v) is 6.53. The highest BCUT2D eigenvalue weighted by atomic mass is 16.3. The zero-order valence-corrected chi connectivity index (χ0v) is 11.9. The molecule has 2 N–H and O–H groups in total. The van der Waals surface area contributed by atoms with Gasteiger partial charge in [0.05, 0.1) is 18.0 Å². The fourth-order valence-corrected chi connectivity index (χ4v) is 1.78. The summed E-state index contributed by atoms with van der Waals surface area (Å²) in [4.78, 5) is 16.0. The van der Waals surface area contributed by atoms with Crippen LogP contribution in [0.25, 0.3) is 0 Å². The van der Waals surface area contributed by atoms with Crippen LogP contribution in [0.2, 0.25) is 0 Å². The summed E-state index contributed by atoms with van der Waals surface area (Å²) in [5, 5.41) is 11.5. The molecule has 21 heavy (non-hydrogen) atoms. The minimum Gasteiger partial charge on any atom is -0.438 e. The summed E-state index contributed by atoms with van der Waals surface area (Å²) in [5.41, 5.74) is 2.88. The number of aromatic nitrogens is 1. The number of carbonyl (C=O) groups excluding carboxylic acids is 1. The van der Waals surface area contributed by atoms with Gasteiger partial charge in [-0.2, -0.15) is 0 Å². The molecular weight excluding hydrogens is 268 g/mol. The molecule has 5 nitrogen and oxygen atoms in total. The second kappa shape index (κ2) is 6.73. The number of amides is 1. The van der Waals surface area contributed by atoms with E-state index in [1.54, 1.807) is 13.0 Å². The molecule has 0 aliphatic carbocycles. The number of anilines is 1. The highest BCUT2D eigenvalue weighted by Crippen LogP contribution is 2.18. The quantitative estimate of drug-likeness (QED) is 0.848. The Morgan fingerprint density at radius 3 is 2.90 bits per heavy atom. The lowest BCUT2D eigenvalue weighted by Gasteiger charge is -2.07. The van der Waals surface area contributed by atoms with Crippen molar-refractivity contribution in [2.75, 3.05) is 11.9 Å². The normalized spacial score (nSPS) is 9.86. The Labute approximate surface area is 123 Å². The summed E-state index contributed by atoms with van der Waals surface area (Å²) >= 11 is 0. The van der Waals surface area contributed by atoms with E-state index in [-0.39, 0.29) is 18.3 Å². The molecule has 108 valence electrons. The van der Waals surface area contributed by atoms with Gasteiger partial charge in [-0.1, -0.05) is 17.9 Å². The molecule has 2 rings (SSSR count). The van der Waals surface area contributed by atoms with Gasteiger partial charge in [-0.3, -0.25) is 4.79 Å². The molecular formula is C16H16N2O3. The van der Waals surface area contributed by atoms with E-state index in [2.05, 4.69) is 22.1 Å². The topological polar surface area (TPSA) is 75.4 Å². The lowest BCUT2D eigenvalue weighted by atomic mass is 10.1. The smallest absolute Gasteiger partial charge is 0.293 e. The molecule has 0 saturated carbocycles. The van der Waals surface area contributed by atoms with Crippen LogP contribution >= 0.6 is 0 Å². The predicted octanol–water partition coefficient (Wildman–Crippen LogP) is 2.28. The Balaban J connectivity index is 2.26. The van der Waals surface area contributed by atoms with Gasteiger partial charge >= 0.3 is 0 Å². The van der Waals surface area contributed by atoms with Gasteiger partial charge in [0.2, 0.25) is 5.76 Å². The van der Waals surface area contributed by atoms with Crippen molar-refractivity contribution in [3.8, 4) is 11.8 Å². The number of aliphatic hydroxyl groups excluding tert-OH is 1. The molecule has 0 bridgehead atoms. The monoisotopic (exact) mass is 284 g/mol. The van der Waals surface area contributed by atoms with E-state index >= 15 is 0 Å². The maximum absolute atomic E-state index is 12.1. The van der Waals surface area contributed by atoms with E-state index in [4.69, 9.17) is 9.52 Å². The number of hydrogen-bond acceptors (Lipinski definition) is 4. The lowest BCUT2D eigenvalue weighted by Crippen LogP contribution is -2.13. The number of nitrogens with one attached hydrogen (secondary N) is 1. The average Bonchev–Trinajstić information content (AvgIpc) is 2.88. The largest absolute Gasteiger partial charge is 0.438 e. The van der Waals surface area contributed by atoms with Crippen molar-refractivity contribution in [2.24, 2.45) is 0 Å². The molecule has 0 spiro atoms. The van der Waals surface area contributed by atoms with Gasteiger partial charge in [0, 0.05) is 12.0 Å². The molecule has 0 fully saturated rings. The summed E-state index contributed by atoms with van der Waals surface area (Å²) in [7, 11) is 0. The lowest BCUT2D eigenvalue weighted by molar-refractivity contribution is 0.0996. The number of benzene rings is 1. The molecule has 0 unspecified atom stereocenters. The van der Waals surface area contributed by atoms with Gasteiger partial charge in [-0.05, 0) is 31.5 Å². The summed E-state index contributed by atoms with van der Waals surface area (Å²) in [6.07, 6.45) is 1.63. The third-order valence-electron chi connectivity index (χ3n) is 2.83. The van der Waals surface area contributed by atoms with Crippen molar-refractivity contribution < 1.29 is 14.3 Å². The van der Waals surface area contributed by atoms with Crippen molar-refractivity contribution in [2.45, 2.75) is 20.3 Å². The Morgan fingerprint density at radius 2 is 2.24 bits per heavy atom. The van der Waals surface area contributed by atoms with E-state index in [0.29, 0.717) is 23.4 Å². The van der Waals surface area contributed by atoms with Gasteiger partial charge in [0.25, 0.3) is 5.91 Å². The van der Waals surface area contributed by atoms with Crippen molar-refractivity contribution in [1.82, 2.24) is 4.98 Å². The molecule has 1 heterocycles. The van der Waals surface area contributed by atoms with Gasteiger partial charge in [-0.25, -0.2) is 4.98 Å². The van der Waals surface area contributed by atoms with Crippen molar-refractivity contribution in [3.05, 3.63) is 47.2 Å². The van der Waals surface area contributed by atoms with Crippen LogP contribution in [0, 0.1) is 25.7 Å². The maximum atomic E-state index is 12.1.